The Hall–Kier alpha value is -2.71. The molecule has 2 fully saturated rings. The summed E-state index contributed by atoms with van der Waals surface area (Å²) in [5, 5.41) is 2.96. The van der Waals surface area contributed by atoms with E-state index in [-0.39, 0.29) is 29.2 Å². The molecule has 2 saturated heterocycles. The third-order valence-electron chi connectivity index (χ3n) is 6.45. The van der Waals surface area contributed by atoms with E-state index in [0.717, 1.165) is 29.7 Å². The van der Waals surface area contributed by atoms with Crippen molar-refractivity contribution in [3.8, 4) is 0 Å². The lowest BCUT2D eigenvalue weighted by molar-refractivity contribution is -0.128. The number of hydrogen-bond acceptors (Lipinski definition) is 4. The number of hydrogen-bond donors (Lipinski definition) is 1. The van der Waals surface area contributed by atoms with E-state index in [1.807, 2.05) is 36.1 Å². The monoisotopic (exact) mass is 469 g/mol. The van der Waals surface area contributed by atoms with Crippen LogP contribution in [0.1, 0.15) is 42.4 Å². The summed E-state index contributed by atoms with van der Waals surface area (Å²) in [7, 11) is -3.61. The van der Waals surface area contributed by atoms with Gasteiger partial charge in [-0.2, -0.15) is 4.31 Å². The van der Waals surface area contributed by atoms with Crippen LogP contribution >= 0.6 is 0 Å². The zero-order valence-corrected chi connectivity index (χ0v) is 19.8. The van der Waals surface area contributed by atoms with Crippen LogP contribution in [0, 0.1) is 12.8 Å². The molecule has 2 aliphatic heterocycles. The number of likely N-dealkylation sites (tertiary alicyclic amines) is 1. The molecule has 176 valence electrons. The van der Waals surface area contributed by atoms with Crippen LogP contribution in [0.4, 0.5) is 0 Å². The molecule has 33 heavy (non-hydrogen) atoms. The lowest BCUT2D eigenvalue weighted by Crippen LogP contribution is -2.45. The van der Waals surface area contributed by atoms with Crippen LogP contribution in [-0.2, 0) is 32.7 Å². The largest absolute Gasteiger partial charge is 0.352 e. The minimum absolute atomic E-state index is 0.120. The number of carbonyl (C=O) groups excluding carboxylic acids is 2. The predicted molar refractivity (Wildman–Crippen MR) is 126 cm³/mol. The van der Waals surface area contributed by atoms with Crippen molar-refractivity contribution in [2.24, 2.45) is 5.92 Å². The van der Waals surface area contributed by atoms with Gasteiger partial charge in [-0.05, 0) is 49.4 Å². The molecule has 2 aliphatic rings. The summed E-state index contributed by atoms with van der Waals surface area (Å²) < 4.78 is 27.4. The summed E-state index contributed by atoms with van der Waals surface area (Å²) in [5.74, 6) is -0.276. The lowest BCUT2D eigenvalue weighted by atomic mass is 9.98. The van der Waals surface area contributed by atoms with Crippen molar-refractivity contribution >= 4 is 21.8 Å². The van der Waals surface area contributed by atoms with E-state index < -0.39 is 10.0 Å². The van der Waals surface area contributed by atoms with Gasteiger partial charge in [0.15, 0.2) is 0 Å². The zero-order valence-electron chi connectivity index (χ0n) is 19.0. The second-order valence-corrected chi connectivity index (χ2v) is 10.9. The third-order valence-corrected chi connectivity index (χ3v) is 8.33. The fourth-order valence-corrected chi connectivity index (χ4v) is 5.95. The summed E-state index contributed by atoms with van der Waals surface area (Å²) in [4.78, 5) is 26.7. The zero-order chi connectivity index (χ0) is 23.4. The fraction of sp³-hybridized carbons (Fsp3) is 0.440. The summed E-state index contributed by atoms with van der Waals surface area (Å²) in [6.45, 7) is 4.38. The second-order valence-electron chi connectivity index (χ2n) is 8.97. The van der Waals surface area contributed by atoms with Gasteiger partial charge in [0, 0.05) is 39.1 Å². The highest BCUT2D eigenvalue weighted by Crippen LogP contribution is 2.24. The number of benzene rings is 2. The highest BCUT2D eigenvalue weighted by Gasteiger charge is 2.33. The van der Waals surface area contributed by atoms with E-state index in [2.05, 4.69) is 5.32 Å². The van der Waals surface area contributed by atoms with Crippen LogP contribution in [0.3, 0.4) is 0 Å². The molecular weight excluding hydrogens is 438 g/mol. The van der Waals surface area contributed by atoms with Crippen molar-refractivity contribution in [2.75, 3.05) is 19.6 Å². The highest BCUT2D eigenvalue weighted by molar-refractivity contribution is 7.89. The SMILES string of the molecule is Cc1ccc(S(=O)(=O)N2CCC[C@H](C(=O)NCc3ccc(CN4CCCC4=O)cc3)C2)cc1. The number of nitrogens with zero attached hydrogens (tertiary/aromatic N) is 2. The predicted octanol–water partition coefficient (Wildman–Crippen LogP) is 2.83. The van der Waals surface area contributed by atoms with E-state index in [1.165, 1.54) is 4.31 Å². The summed E-state index contributed by atoms with van der Waals surface area (Å²) in [5.41, 5.74) is 3.05. The van der Waals surface area contributed by atoms with Gasteiger partial charge >= 0.3 is 0 Å². The Morgan fingerprint density at radius 1 is 1.00 bits per heavy atom. The molecule has 4 rings (SSSR count). The summed E-state index contributed by atoms with van der Waals surface area (Å²) in [6, 6.07) is 14.7. The molecule has 7 nitrogen and oxygen atoms in total. The van der Waals surface area contributed by atoms with Crippen molar-refractivity contribution in [2.45, 2.75) is 50.6 Å². The van der Waals surface area contributed by atoms with E-state index in [0.29, 0.717) is 38.9 Å². The van der Waals surface area contributed by atoms with Gasteiger partial charge in [0.25, 0.3) is 0 Å². The molecule has 2 heterocycles. The average molecular weight is 470 g/mol. The van der Waals surface area contributed by atoms with Crippen molar-refractivity contribution in [3.63, 3.8) is 0 Å². The Morgan fingerprint density at radius 2 is 1.70 bits per heavy atom. The van der Waals surface area contributed by atoms with Gasteiger partial charge in [-0.25, -0.2) is 8.42 Å². The van der Waals surface area contributed by atoms with Crippen LogP contribution in [-0.4, -0.2) is 49.1 Å². The molecule has 2 aromatic carbocycles. The average Bonchev–Trinajstić information content (AvgIpc) is 3.23. The minimum atomic E-state index is -3.61. The topological polar surface area (TPSA) is 86.8 Å². The number of amides is 2. The molecule has 0 aliphatic carbocycles. The summed E-state index contributed by atoms with van der Waals surface area (Å²) >= 11 is 0. The summed E-state index contributed by atoms with van der Waals surface area (Å²) in [6.07, 6.45) is 2.89. The van der Waals surface area contributed by atoms with Gasteiger partial charge in [0.05, 0.1) is 10.8 Å². The van der Waals surface area contributed by atoms with E-state index in [9.17, 15) is 18.0 Å². The van der Waals surface area contributed by atoms with Crippen molar-refractivity contribution < 1.29 is 18.0 Å². The smallest absolute Gasteiger partial charge is 0.243 e. The number of piperidine rings is 1. The molecule has 0 saturated carbocycles. The first kappa shape index (κ1) is 23.4. The number of aryl methyl sites for hydroxylation is 1. The Bertz CT molecular complexity index is 1100. The van der Waals surface area contributed by atoms with Crippen LogP contribution in [0.25, 0.3) is 0 Å². The first-order valence-corrected chi connectivity index (χ1v) is 13.0. The van der Waals surface area contributed by atoms with Crippen LogP contribution < -0.4 is 5.32 Å². The van der Waals surface area contributed by atoms with E-state index in [4.69, 9.17) is 0 Å². The van der Waals surface area contributed by atoms with E-state index in [1.54, 1.807) is 24.3 Å². The Morgan fingerprint density at radius 3 is 2.36 bits per heavy atom. The van der Waals surface area contributed by atoms with Crippen LogP contribution in [0.2, 0.25) is 0 Å². The molecule has 2 amide bonds. The van der Waals surface area contributed by atoms with Crippen molar-refractivity contribution in [3.05, 3.63) is 65.2 Å². The normalized spacial score (nSPS) is 19.6. The molecular formula is C25H31N3O4S. The second kappa shape index (κ2) is 10.1. The van der Waals surface area contributed by atoms with Crippen LogP contribution in [0.5, 0.6) is 0 Å². The maximum atomic E-state index is 13.0. The van der Waals surface area contributed by atoms with Gasteiger partial charge in [-0.1, -0.05) is 42.0 Å². The van der Waals surface area contributed by atoms with E-state index >= 15 is 0 Å². The Balaban J connectivity index is 1.31. The van der Waals surface area contributed by atoms with Gasteiger partial charge in [-0.15, -0.1) is 0 Å². The number of rotatable bonds is 7. The van der Waals surface area contributed by atoms with Gasteiger partial charge in [0.1, 0.15) is 0 Å². The molecule has 0 radical (unpaired) electrons. The number of sulfonamides is 1. The molecule has 1 atom stereocenters. The Kier molecular flexibility index (Phi) is 7.14. The number of carbonyl (C=O) groups is 2. The fourth-order valence-electron chi connectivity index (χ4n) is 4.42. The Labute approximate surface area is 195 Å². The van der Waals surface area contributed by atoms with Gasteiger partial charge in [-0.3, -0.25) is 9.59 Å². The molecule has 1 N–H and O–H groups in total. The first-order valence-electron chi connectivity index (χ1n) is 11.5. The molecule has 2 aromatic rings. The van der Waals surface area contributed by atoms with Crippen LogP contribution in [0.15, 0.2) is 53.4 Å². The lowest BCUT2D eigenvalue weighted by Gasteiger charge is -2.31. The van der Waals surface area contributed by atoms with Crippen molar-refractivity contribution in [1.29, 1.82) is 0 Å². The van der Waals surface area contributed by atoms with Gasteiger partial charge < -0.3 is 10.2 Å². The molecule has 0 unspecified atom stereocenters. The quantitative estimate of drug-likeness (QED) is 0.676. The molecule has 8 heteroatoms. The molecule has 0 spiro atoms. The minimum Gasteiger partial charge on any atom is -0.352 e. The number of nitrogens with one attached hydrogen (secondary N) is 1. The maximum absolute atomic E-state index is 13.0. The van der Waals surface area contributed by atoms with Crippen molar-refractivity contribution in [1.82, 2.24) is 14.5 Å². The standard InChI is InChI=1S/C25H31N3O4S/c1-19-6-12-23(13-7-19)33(31,32)28-15-2-4-22(18-28)25(30)26-16-20-8-10-21(11-9-20)17-27-14-3-5-24(27)29/h6-13,22H,2-5,14-18H2,1H3,(H,26,30)/t22-/m0/s1. The molecule has 0 aromatic heterocycles. The first-order chi connectivity index (χ1) is 15.8. The highest BCUT2D eigenvalue weighted by atomic mass is 32.2. The van der Waals surface area contributed by atoms with Gasteiger partial charge in [0.2, 0.25) is 21.8 Å². The molecule has 0 bridgehead atoms. The maximum Gasteiger partial charge on any atom is 0.243 e. The third kappa shape index (κ3) is 5.62.